The van der Waals surface area contributed by atoms with Gasteiger partial charge in [0.15, 0.2) is 0 Å². The minimum absolute atomic E-state index is 0.0510. The second-order valence-electron chi connectivity index (χ2n) is 5.34. The Morgan fingerprint density at radius 1 is 1.37 bits per heavy atom. The summed E-state index contributed by atoms with van der Waals surface area (Å²) in [6.07, 6.45) is 3.01. The Labute approximate surface area is 117 Å². The van der Waals surface area contributed by atoms with E-state index in [0.717, 1.165) is 25.0 Å². The van der Waals surface area contributed by atoms with Crippen LogP contribution >= 0.6 is 11.8 Å². The number of thioether (sulfide) groups is 1. The van der Waals surface area contributed by atoms with Gasteiger partial charge in [-0.25, -0.2) is 0 Å². The predicted molar refractivity (Wildman–Crippen MR) is 73.1 cm³/mol. The lowest BCUT2D eigenvalue weighted by atomic mass is 9.84. The zero-order valence-electron chi connectivity index (χ0n) is 11.1. The van der Waals surface area contributed by atoms with Crippen LogP contribution in [-0.4, -0.2) is 48.2 Å². The molecule has 19 heavy (non-hydrogen) atoms. The van der Waals surface area contributed by atoms with Crippen molar-refractivity contribution in [1.29, 1.82) is 0 Å². The van der Waals surface area contributed by atoms with Crippen LogP contribution in [0.1, 0.15) is 19.3 Å². The minimum Gasteiger partial charge on any atom is -0.481 e. The van der Waals surface area contributed by atoms with Crippen LogP contribution in [0.4, 0.5) is 0 Å². The fourth-order valence-corrected chi connectivity index (χ4v) is 4.09. The van der Waals surface area contributed by atoms with Gasteiger partial charge >= 0.3 is 5.97 Å². The molecule has 1 amide bonds. The molecular formula is C13H21NO4S. The molecule has 0 aromatic rings. The molecule has 0 aliphatic heterocycles. The Kier molecular flexibility index (Phi) is 5.10. The van der Waals surface area contributed by atoms with Crippen molar-refractivity contribution in [3.63, 3.8) is 0 Å². The minimum atomic E-state index is -0.760. The lowest BCUT2D eigenvalue weighted by molar-refractivity contribution is -0.144. The van der Waals surface area contributed by atoms with E-state index in [4.69, 9.17) is 4.74 Å². The standard InChI is InChI=1S/C13H21NO4S/c1-18-4-5-19-7-10(15)14-12-9-3-2-8(6-9)11(12)13(16)17/h8-9,11-12H,2-7H2,1H3,(H,14,15)(H,16,17). The quantitative estimate of drug-likeness (QED) is 0.683. The first-order valence-electron chi connectivity index (χ1n) is 6.72. The Balaban J connectivity index is 1.80. The number of methoxy groups -OCH3 is 1. The summed E-state index contributed by atoms with van der Waals surface area (Å²) >= 11 is 1.51. The predicted octanol–water partition coefficient (Wildman–Crippen LogP) is 0.981. The molecule has 2 aliphatic rings. The van der Waals surface area contributed by atoms with E-state index in [1.807, 2.05) is 0 Å². The van der Waals surface area contributed by atoms with E-state index in [2.05, 4.69) is 5.32 Å². The second-order valence-corrected chi connectivity index (χ2v) is 6.44. The maximum absolute atomic E-state index is 11.8. The molecule has 0 aromatic carbocycles. The monoisotopic (exact) mass is 287 g/mol. The maximum Gasteiger partial charge on any atom is 0.308 e. The van der Waals surface area contributed by atoms with Crippen molar-refractivity contribution in [2.75, 3.05) is 25.2 Å². The average Bonchev–Trinajstić information content (AvgIpc) is 2.95. The van der Waals surface area contributed by atoms with Gasteiger partial charge in [-0.05, 0) is 31.1 Å². The van der Waals surface area contributed by atoms with Crippen LogP contribution in [0, 0.1) is 17.8 Å². The van der Waals surface area contributed by atoms with Gasteiger partial charge in [0.25, 0.3) is 0 Å². The van der Waals surface area contributed by atoms with Gasteiger partial charge in [-0.2, -0.15) is 0 Å². The number of hydrogen-bond acceptors (Lipinski definition) is 4. The summed E-state index contributed by atoms with van der Waals surface area (Å²) in [6.45, 7) is 0.629. The second kappa shape index (κ2) is 6.61. The van der Waals surface area contributed by atoms with Gasteiger partial charge in [-0.1, -0.05) is 0 Å². The number of carboxylic acid groups (broad SMARTS) is 1. The van der Waals surface area contributed by atoms with Crippen molar-refractivity contribution in [3.05, 3.63) is 0 Å². The summed E-state index contributed by atoms with van der Waals surface area (Å²) in [5, 5.41) is 12.2. The number of carboxylic acids is 1. The largest absolute Gasteiger partial charge is 0.481 e. The van der Waals surface area contributed by atoms with Crippen molar-refractivity contribution >= 4 is 23.6 Å². The van der Waals surface area contributed by atoms with E-state index >= 15 is 0 Å². The van der Waals surface area contributed by atoms with Crippen molar-refractivity contribution in [1.82, 2.24) is 5.32 Å². The molecule has 0 radical (unpaired) electrons. The molecule has 2 aliphatic carbocycles. The number of rotatable bonds is 7. The smallest absolute Gasteiger partial charge is 0.308 e. The van der Waals surface area contributed by atoms with Crippen LogP contribution < -0.4 is 5.32 Å². The highest BCUT2D eigenvalue weighted by Gasteiger charge is 2.51. The van der Waals surface area contributed by atoms with Crippen LogP contribution in [0.2, 0.25) is 0 Å². The molecule has 5 nitrogen and oxygen atoms in total. The van der Waals surface area contributed by atoms with Crippen molar-refractivity contribution < 1.29 is 19.4 Å². The molecule has 0 heterocycles. The molecule has 4 atom stereocenters. The fraction of sp³-hybridized carbons (Fsp3) is 0.846. The first-order valence-corrected chi connectivity index (χ1v) is 7.87. The zero-order valence-corrected chi connectivity index (χ0v) is 11.9. The SMILES string of the molecule is COCCSCC(=O)NC1C2CCC(C2)C1C(=O)O. The fourth-order valence-electron chi connectivity index (χ4n) is 3.39. The number of nitrogens with one attached hydrogen (secondary N) is 1. The normalized spacial score (nSPS) is 32.5. The van der Waals surface area contributed by atoms with Crippen molar-refractivity contribution in [2.45, 2.75) is 25.3 Å². The topological polar surface area (TPSA) is 75.6 Å². The molecular weight excluding hydrogens is 266 g/mol. The summed E-state index contributed by atoms with van der Waals surface area (Å²) in [5.41, 5.74) is 0. The maximum atomic E-state index is 11.8. The van der Waals surface area contributed by atoms with Gasteiger partial charge in [0.05, 0.1) is 18.3 Å². The van der Waals surface area contributed by atoms with Crippen LogP contribution in [0.3, 0.4) is 0 Å². The number of carbonyl (C=O) groups is 2. The van der Waals surface area contributed by atoms with Crippen LogP contribution in [0.5, 0.6) is 0 Å². The summed E-state index contributed by atoms with van der Waals surface area (Å²) in [6, 6.07) is -0.160. The molecule has 108 valence electrons. The highest BCUT2D eigenvalue weighted by atomic mass is 32.2. The van der Waals surface area contributed by atoms with Gasteiger partial charge in [0, 0.05) is 18.9 Å². The molecule has 0 aromatic heterocycles. The Morgan fingerprint density at radius 3 is 2.79 bits per heavy atom. The van der Waals surface area contributed by atoms with Crippen LogP contribution in [-0.2, 0) is 14.3 Å². The summed E-state index contributed by atoms with van der Waals surface area (Å²) < 4.78 is 4.92. The molecule has 0 saturated heterocycles. The van der Waals surface area contributed by atoms with Gasteiger partial charge < -0.3 is 15.2 Å². The van der Waals surface area contributed by atoms with Crippen LogP contribution in [0.15, 0.2) is 0 Å². The highest BCUT2D eigenvalue weighted by molar-refractivity contribution is 7.99. The van der Waals surface area contributed by atoms with E-state index in [1.165, 1.54) is 11.8 Å². The molecule has 2 saturated carbocycles. The Morgan fingerprint density at radius 2 is 2.11 bits per heavy atom. The van der Waals surface area contributed by atoms with Gasteiger partial charge in [0.1, 0.15) is 0 Å². The summed E-state index contributed by atoms with van der Waals surface area (Å²) in [7, 11) is 1.63. The molecule has 0 spiro atoms. The van der Waals surface area contributed by atoms with E-state index in [0.29, 0.717) is 18.3 Å². The lowest BCUT2D eigenvalue weighted by Gasteiger charge is -2.28. The zero-order chi connectivity index (χ0) is 13.8. The number of ether oxygens (including phenoxy) is 1. The van der Waals surface area contributed by atoms with Gasteiger partial charge in [-0.15, -0.1) is 11.8 Å². The number of aliphatic carboxylic acids is 1. The average molecular weight is 287 g/mol. The first kappa shape index (κ1) is 14.7. The summed E-state index contributed by atoms with van der Waals surface area (Å²) in [4.78, 5) is 23.2. The van der Waals surface area contributed by atoms with E-state index in [1.54, 1.807) is 7.11 Å². The Hall–Kier alpha value is -0.750. The third-order valence-electron chi connectivity index (χ3n) is 4.19. The Bertz CT molecular complexity index is 350. The molecule has 2 N–H and O–H groups in total. The number of hydrogen-bond donors (Lipinski definition) is 2. The number of carbonyl (C=O) groups excluding carboxylic acids is 1. The van der Waals surface area contributed by atoms with Gasteiger partial charge in [0.2, 0.25) is 5.91 Å². The number of fused-ring (bicyclic) bond motifs is 2. The number of amides is 1. The third-order valence-corrected chi connectivity index (χ3v) is 5.12. The summed E-state index contributed by atoms with van der Waals surface area (Å²) in [5.74, 6) is 0.584. The van der Waals surface area contributed by atoms with Crippen LogP contribution in [0.25, 0.3) is 0 Å². The molecule has 4 unspecified atom stereocenters. The highest BCUT2D eigenvalue weighted by Crippen LogP contribution is 2.48. The molecule has 6 heteroatoms. The van der Waals surface area contributed by atoms with E-state index in [9.17, 15) is 14.7 Å². The van der Waals surface area contributed by atoms with E-state index in [-0.39, 0.29) is 23.8 Å². The lowest BCUT2D eigenvalue weighted by Crippen LogP contribution is -2.47. The van der Waals surface area contributed by atoms with E-state index < -0.39 is 5.97 Å². The first-order chi connectivity index (χ1) is 9.13. The van der Waals surface area contributed by atoms with Crippen molar-refractivity contribution in [2.24, 2.45) is 17.8 Å². The molecule has 2 bridgehead atoms. The molecule has 2 fully saturated rings. The molecule has 2 rings (SSSR count). The third kappa shape index (κ3) is 3.42. The van der Waals surface area contributed by atoms with Crippen molar-refractivity contribution in [3.8, 4) is 0 Å². The van der Waals surface area contributed by atoms with Gasteiger partial charge in [-0.3, -0.25) is 9.59 Å².